The van der Waals surface area contributed by atoms with E-state index in [-0.39, 0.29) is 11.4 Å². The summed E-state index contributed by atoms with van der Waals surface area (Å²) < 4.78 is 0. The molecule has 110 valence electrons. The van der Waals surface area contributed by atoms with Crippen LogP contribution in [0.15, 0.2) is 18.2 Å². The first-order valence-electron chi connectivity index (χ1n) is 7.38. The van der Waals surface area contributed by atoms with Crippen LogP contribution >= 0.6 is 0 Å². The SMILES string of the molecule is CCC1CCC(CNc2cccc(N)c2[N+](=O)[O-])CC1. The van der Waals surface area contributed by atoms with Crippen LogP contribution in [0.5, 0.6) is 0 Å². The molecule has 0 spiro atoms. The second kappa shape index (κ2) is 6.59. The third-order valence-corrected chi connectivity index (χ3v) is 4.37. The summed E-state index contributed by atoms with van der Waals surface area (Å²) in [5.74, 6) is 1.48. The fourth-order valence-electron chi connectivity index (χ4n) is 3.01. The number of hydrogen-bond acceptors (Lipinski definition) is 4. The van der Waals surface area contributed by atoms with Gasteiger partial charge in [-0.05, 0) is 36.8 Å². The van der Waals surface area contributed by atoms with E-state index in [0.717, 1.165) is 12.5 Å². The van der Waals surface area contributed by atoms with Gasteiger partial charge in [0.05, 0.1) is 4.92 Å². The molecule has 3 N–H and O–H groups in total. The van der Waals surface area contributed by atoms with Crippen molar-refractivity contribution in [1.29, 1.82) is 0 Å². The Morgan fingerprint density at radius 3 is 2.55 bits per heavy atom. The number of nitro groups is 1. The quantitative estimate of drug-likeness (QED) is 0.487. The topological polar surface area (TPSA) is 81.2 Å². The van der Waals surface area contributed by atoms with E-state index in [1.54, 1.807) is 18.2 Å². The van der Waals surface area contributed by atoms with Crippen LogP contribution in [-0.2, 0) is 0 Å². The Hall–Kier alpha value is -1.78. The van der Waals surface area contributed by atoms with Crippen LogP contribution in [0.3, 0.4) is 0 Å². The Morgan fingerprint density at radius 2 is 1.95 bits per heavy atom. The number of anilines is 2. The standard InChI is InChI=1S/C15H23N3O2/c1-2-11-6-8-12(9-7-11)10-17-14-5-3-4-13(16)15(14)18(19)20/h3-5,11-12,17H,2,6-10,16H2,1H3. The Morgan fingerprint density at radius 1 is 1.30 bits per heavy atom. The number of nitro benzene ring substituents is 1. The van der Waals surface area contributed by atoms with Gasteiger partial charge in [-0.2, -0.15) is 0 Å². The molecule has 0 saturated heterocycles. The first-order chi connectivity index (χ1) is 9.61. The summed E-state index contributed by atoms with van der Waals surface area (Å²) in [6.07, 6.45) is 6.24. The third-order valence-electron chi connectivity index (χ3n) is 4.37. The van der Waals surface area contributed by atoms with Gasteiger partial charge in [0.15, 0.2) is 0 Å². The lowest BCUT2D eigenvalue weighted by Gasteiger charge is -2.28. The summed E-state index contributed by atoms with van der Waals surface area (Å²) in [5, 5.41) is 14.3. The Labute approximate surface area is 119 Å². The van der Waals surface area contributed by atoms with Crippen LogP contribution in [0.25, 0.3) is 0 Å². The van der Waals surface area contributed by atoms with Crippen molar-refractivity contribution in [2.45, 2.75) is 39.0 Å². The van der Waals surface area contributed by atoms with Gasteiger partial charge in [0.25, 0.3) is 0 Å². The molecule has 0 amide bonds. The van der Waals surface area contributed by atoms with E-state index in [1.807, 2.05) is 0 Å². The number of nitrogens with two attached hydrogens (primary N) is 1. The molecule has 0 bridgehead atoms. The van der Waals surface area contributed by atoms with Crippen molar-refractivity contribution in [3.05, 3.63) is 28.3 Å². The van der Waals surface area contributed by atoms with Gasteiger partial charge in [-0.15, -0.1) is 0 Å². The van der Waals surface area contributed by atoms with Crippen molar-refractivity contribution in [3.8, 4) is 0 Å². The fourth-order valence-corrected chi connectivity index (χ4v) is 3.01. The molecule has 1 saturated carbocycles. The number of benzene rings is 1. The molecule has 1 aliphatic carbocycles. The number of hydrogen-bond donors (Lipinski definition) is 2. The van der Waals surface area contributed by atoms with Crippen LogP contribution in [0.2, 0.25) is 0 Å². The summed E-state index contributed by atoms with van der Waals surface area (Å²) in [5.41, 5.74) is 6.43. The molecule has 5 heteroatoms. The molecule has 0 radical (unpaired) electrons. The van der Waals surface area contributed by atoms with E-state index in [9.17, 15) is 10.1 Å². The van der Waals surface area contributed by atoms with Crippen LogP contribution in [-0.4, -0.2) is 11.5 Å². The number of nitrogens with zero attached hydrogens (tertiary/aromatic N) is 1. The number of nitrogens with one attached hydrogen (secondary N) is 1. The smallest absolute Gasteiger partial charge is 0.314 e. The van der Waals surface area contributed by atoms with Crippen LogP contribution in [0.4, 0.5) is 17.1 Å². The van der Waals surface area contributed by atoms with E-state index < -0.39 is 4.92 Å². The highest BCUT2D eigenvalue weighted by Gasteiger charge is 2.22. The summed E-state index contributed by atoms with van der Waals surface area (Å²) in [6.45, 7) is 3.04. The fraction of sp³-hybridized carbons (Fsp3) is 0.600. The molecule has 1 fully saturated rings. The van der Waals surface area contributed by atoms with Gasteiger partial charge in [0, 0.05) is 6.54 Å². The van der Waals surface area contributed by atoms with Crippen molar-refractivity contribution in [2.24, 2.45) is 11.8 Å². The van der Waals surface area contributed by atoms with Crippen molar-refractivity contribution in [3.63, 3.8) is 0 Å². The highest BCUT2D eigenvalue weighted by molar-refractivity contribution is 5.74. The maximum absolute atomic E-state index is 11.1. The van der Waals surface area contributed by atoms with Crippen molar-refractivity contribution in [2.75, 3.05) is 17.6 Å². The van der Waals surface area contributed by atoms with Crippen molar-refractivity contribution < 1.29 is 4.92 Å². The van der Waals surface area contributed by atoms with E-state index in [4.69, 9.17) is 5.73 Å². The lowest BCUT2D eigenvalue weighted by Crippen LogP contribution is -2.21. The summed E-state index contributed by atoms with van der Waals surface area (Å²) in [6, 6.07) is 5.04. The van der Waals surface area contributed by atoms with E-state index in [1.165, 1.54) is 32.1 Å². The zero-order chi connectivity index (χ0) is 14.5. The van der Waals surface area contributed by atoms with Gasteiger partial charge in [0.2, 0.25) is 0 Å². The molecule has 0 atom stereocenters. The predicted octanol–water partition coefficient (Wildman–Crippen LogP) is 3.81. The first kappa shape index (κ1) is 14.6. The van der Waals surface area contributed by atoms with E-state index >= 15 is 0 Å². The minimum Gasteiger partial charge on any atom is -0.393 e. The first-order valence-corrected chi connectivity index (χ1v) is 7.38. The zero-order valence-corrected chi connectivity index (χ0v) is 12.0. The summed E-state index contributed by atoms with van der Waals surface area (Å²) >= 11 is 0. The normalized spacial score (nSPS) is 22.4. The summed E-state index contributed by atoms with van der Waals surface area (Å²) in [4.78, 5) is 10.7. The van der Waals surface area contributed by atoms with Gasteiger partial charge < -0.3 is 11.1 Å². The Bertz CT molecular complexity index is 468. The molecule has 0 unspecified atom stereocenters. The minimum atomic E-state index is -0.411. The van der Waals surface area contributed by atoms with Crippen LogP contribution in [0.1, 0.15) is 39.0 Å². The number of para-hydroxylation sites is 1. The molecular weight excluding hydrogens is 254 g/mol. The lowest BCUT2D eigenvalue weighted by atomic mass is 9.81. The maximum Gasteiger partial charge on any atom is 0.314 e. The largest absolute Gasteiger partial charge is 0.393 e. The molecule has 0 aromatic heterocycles. The highest BCUT2D eigenvalue weighted by atomic mass is 16.6. The average Bonchev–Trinajstić information content (AvgIpc) is 2.45. The molecule has 0 aliphatic heterocycles. The van der Waals surface area contributed by atoms with E-state index in [2.05, 4.69) is 12.2 Å². The minimum absolute atomic E-state index is 0.00487. The molecular formula is C15H23N3O2. The third kappa shape index (κ3) is 3.40. The maximum atomic E-state index is 11.1. The van der Waals surface area contributed by atoms with Gasteiger partial charge in [-0.1, -0.05) is 32.3 Å². The second-order valence-electron chi connectivity index (χ2n) is 5.68. The highest BCUT2D eigenvalue weighted by Crippen LogP contribution is 2.33. The molecule has 20 heavy (non-hydrogen) atoms. The zero-order valence-electron chi connectivity index (χ0n) is 12.0. The molecule has 1 aromatic carbocycles. The van der Waals surface area contributed by atoms with E-state index in [0.29, 0.717) is 11.6 Å². The lowest BCUT2D eigenvalue weighted by molar-refractivity contribution is -0.383. The Kier molecular flexibility index (Phi) is 4.82. The van der Waals surface area contributed by atoms with Gasteiger partial charge in [0.1, 0.15) is 11.4 Å². The number of rotatable bonds is 5. The molecule has 1 aromatic rings. The van der Waals surface area contributed by atoms with Gasteiger partial charge in [-0.25, -0.2) is 0 Å². The predicted molar refractivity (Wildman–Crippen MR) is 81.7 cm³/mol. The van der Waals surface area contributed by atoms with Crippen LogP contribution < -0.4 is 11.1 Å². The summed E-state index contributed by atoms with van der Waals surface area (Å²) in [7, 11) is 0. The molecule has 0 heterocycles. The Balaban J connectivity index is 1.95. The average molecular weight is 277 g/mol. The van der Waals surface area contributed by atoms with Gasteiger partial charge in [-0.3, -0.25) is 10.1 Å². The van der Waals surface area contributed by atoms with Crippen molar-refractivity contribution >= 4 is 17.1 Å². The van der Waals surface area contributed by atoms with Crippen molar-refractivity contribution in [1.82, 2.24) is 0 Å². The molecule has 1 aliphatic rings. The monoisotopic (exact) mass is 277 g/mol. The molecule has 2 rings (SSSR count). The second-order valence-corrected chi connectivity index (χ2v) is 5.68. The van der Waals surface area contributed by atoms with Gasteiger partial charge >= 0.3 is 5.69 Å². The molecule has 5 nitrogen and oxygen atoms in total. The van der Waals surface area contributed by atoms with Crippen LogP contribution in [0, 0.1) is 22.0 Å². The number of nitrogen functional groups attached to an aromatic ring is 1.